The summed E-state index contributed by atoms with van der Waals surface area (Å²) < 4.78 is 1.88. The maximum Gasteiger partial charge on any atom is 0.123 e. The molecule has 3 nitrogen and oxygen atoms in total. The number of nitriles is 1. The Kier molecular flexibility index (Phi) is 2.37. The van der Waals surface area contributed by atoms with Crippen molar-refractivity contribution >= 4 is 22.6 Å². The molecule has 0 unspecified atom stereocenters. The molecule has 0 N–H and O–H groups in total. The number of aromatic nitrogens is 2. The molecule has 0 bridgehead atoms. The second-order valence-electron chi connectivity index (χ2n) is 3.54. The van der Waals surface area contributed by atoms with Crippen molar-refractivity contribution < 1.29 is 0 Å². The molecule has 15 heavy (non-hydrogen) atoms. The monoisotopic (exact) mass is 219 g/mol. The zero-order chi connectivity index (χ0) is 11.0. The second-order valence-corrected chi connectivity index (χ2v) is 3.94. The zero-order valence-corrected chi connectivity index (χ0v) is 9.34. The Morgan fingerprint density at radius 2 is 2.27 bits per heavy atom. The molecule has 0 aliphatic rings. The molecule has 0 saturated heterocycles. The maximum atomic E-state index is 8.66. The van der Waals surface area contributed by atoms with Crippen LogP contribution < -0.4 is 0 Å². The zero-order valence-electron chi connectivity index (χ0n) is 8.58. The lowest BCUT2D eigenvalue weighted by molar-refractivity contribution is 0.857. The van der Waals surface area contributed by atoms with Crippen LogP contribution in [0.2, 0.25) is 5.02 Å². The highest BCUT2D eigenvalue weighted by molar-refractivity contribution is 6.35. The summed E-state index contributed by atoms with van der Waals surface area (Å²) in [5, 5.41) is 9.34. The van der Waals surface area contributed by atoms with Gasteiger partial charge in [0.1, 0.15) is 5.82 Å². The van der Waals surface area contributed by atoms with Crippen molar-refractivity contribution in [1.82, 2.24) is 9.55 Å². The Labute approximate surface area is 92.9 Å². The highest BCUT2D eigenvalue weighted by Crippen LogP contribution is 2.25. The number of benzene rings is 1. The van der Waals surface area contributed by atoms with Gasteiger partial charge in [-0.05, 0) is 24.6 Å². The van der Waals surface area contributed by atoms with Crippen LogP contribution >= 0.6 is 11.6 Å². The minimum absolute atomic E-state index is 0.306. The molecule has 0 fully saturated rings. The van der Waals surface area contributed by atoms with Crippen molar-refractivity contribution in [2.75, 3.05) is 0 Å². The van der Waals surface area contributed by atoms with Crippen LogP contribution in [-0.4, -0.2) is 9.55 Å². The van der Waals surface area contributed by atoms with E-state index in [4.69, 9.17) is 16.9 Å². The van der Waals surface area contributed by atoms with Gasteiger partial charge in [0.05, 0.1) is 28.5 Å². The number of hydrogen-bond donors (Lipinski definition) is 0. The molecule has 1 aromatic heterocycles. The number of rotatable bonds is 1. The Morgan fingerprint density at radius 3 is 2.93 bits per heavy atom. The van der Waals surface area contributed by atoms with E-state index in [1.165, 1.54) is 0 Å². The van der Waals surface area contributed by atoms with Crippen LogP contribution in [0.3, 0.4) is 0 Å². The first-order valence-corrected chi connectivity index (χ1v) is 4.99. The Bertz CT molecular complexity index is 563. The second kappa shape index (κ2) is 3.56. The van der Waals surface area contributed by atoms with E-state index in [1.807, 2.05) is 30.7 Å². The summed E-state index contributed by atoms with van der Waals surface area (Å²) in [5.74, 6) is 0.750. The van der Waals surface area contributed by atoms with Gasteiger partial charge < -0.3 is 4.57 Å². The third-order valence-corrected chi connectivity index (χ3v) is 2.69. The van der Waals surface area contributed by atoms with Crippen molar-refractivity contribution in [1.29, 1.82) is 5.26 Å². The van der Waals surface area contributed by atoms with Gasteiger partial charge in [-0.2, -0.15) is 5.26 Å². The Hall–Kier alpha value is -1.53. The number of imidazole rings is 1. The van der Waals surface area contributed by atoms with Crippen molar-refractivity contribution in [2.24, 2.45) is 7.05 Å². The first-order valence-electron chi connectivity index (χ1n) is 4.62. The minimum Gasteiger partial charge on any atom is -0.329 e. The van der Waals surface area contributed by atoms with E-state index >= 15 is 0 Å². The van der Waals surface area contributed by atoms with Gasteiger partial charge in [0.2, 0.25) is 0 Å². The first-order chi connectivity index (χ1) is 7.13. The van der Waals surface area contributed by atoms with Gasteiger partial charge in [-0.3, -0.25) is 0 Å². The highest BCUT2D eigenvalue weighted by Gasteiger charge is 2.10. The van der Waals surface area contributed by atoms with E-state index in [0.717, 1.165) is 22.4 Å². The average Bonchev–Trinajstić information content (AvgIpc) is 2.43. The van der Waals surface area contributed by atoms with Gasteiger partial charge in [0.25, 0.3) is 0 Å². The van der Waals surface area contributed by atoms with E-state index in [2.05, 4.69) is 11.1 Å². The predicted molar refractivity (Wildman–Crippen MR) is 59.8 cm³/mol. The third kappa shape index (κ3) is 1.57. The van der Waals surface area contributed by atoms with Crippen molar-refractivity contribution in [3.8, 4) is 6.07 Å². The number of fused-ring (bicyclic) bond motifs is 1. The molecule has 1 aromatic carbocycles. The summed E-state index contributed by atoms with van der Waals surface area (Å²) in [6.07, 6.45) is 0.306. The lowest BCUT2D eigenvalue weighted by Crippen LogP contribution is -1.96. The molecule has 0 atom stereocenters. The largest absolute Gasteiger partial charge is 0.329 e. The van der Waals surface area contributed by atoms with E-state index < -0.39 is 0 Å². The standard InChI is InChI=1S/C11H10ClN3/c1-7-5-8(12)11-9(6-7)14-10(3-4-13)15(11)2/h5-6H,3H2,1-2H3. The normalized spacial score (nSPS) is 10.5. The lowest BCUT2D eigenvalue weighted by atomic mass is 10.2. The van der Waals surface area contributed by atoms with Crippen LogP contribution in [0.15, 0.2) is 12.1 Å². The molecular formula is C11H10ClN3. The number of nitrogens with zero attached hydrogens (tertiary/aromatic N) is 3. The fourth-order valence-electron chi connectivity index (χ4n) is 1.71. The molecule has 0 aliphatic carbocycles. The van der Waals surface area contributed by atoms with Gasteiger partial charge in [0.15, 0.2) is 0 Å². The third-order valence-electron chi connectivity index (χ3n) is 2.40. The van der Waals surface area contributed by atoms with Gasteiger partial charge >= 0.3 is 0 Å². The van der Waals surface area contributed by atoms with Crippen LogP contribution in [0, 0.1) is 18.3 Å². The van der Waals surface area contributed by atoms with Crippen molar-refractivity contribution in [3.63, 3.8) is 0 Å². The van der Waals surface area contributed by atoms with Crippen molar-refractivity contribution in [2.45, 2.75) is 13.3 Å². The van der Waals surface area contributed by atoms with Crippen LogP contribution in [0.5, 0.6) is 0 Å². The van der Waals surface area contributed by atoms with E-state index in [9.17, 15) is 0 Å². The van der Waals surface area contributed by atoms with Crippen LogP contribution in [0.4, 0.5) is 0 Å². The van der Waals surface area contributed by atoms with E-state index in [1.54, 1.807) is 0 Å². The molecule has 0 aliphatic heterocycles. The fraction of sp³-hybridized carbons (Fsp3) is 0.273. The number of halogens is 1. The lowest BCUT2D eigenvalue weighted by Gasteiger charge is -2.00. The van der Waals surface area contributed by atoms with Crippen LogP contribution in [0.1, 0.15) is 11.4 Å². The number of hydrogen-bond acceptors (Lipinski definition) is 2. The smallest absolute Gasteiger partial charge is 0.123 e. The average molecular weight is 220 g/mol. The molecule has 76 valence electrons. The minimum atomic E-state index is 0.306. The predicted octanol–water partition coefficient (Wildman–Crippen LogP) is 2.60. The number of aryl methyl sites for hydroxylation is 2. The molecule has 2 rings (SSSR count). The van der Waals surface area contributed by atoms with Crippen LogP contribution in [-0.2, 0) is 13.5 Å². The van der Waals surface area contributed by atoms with Gasteiger partial charge in [-0.25, -0.2) is 4.98 Å². The molecule has 0 amide bonds. The van der Waals surface area contributed by atoms with Crippen LogP contribution in [0.25, 0.3) is 11.0 Å². The highest BCUT2D eigenvalue weighted by atomic mass is 35.5. The molecule has 2 aromatic rings. The van der Waals surface area contributed by atoms with Gasteiger partial charge in [-0.1, -0.05) is 11.6 Å². The molecule has 0 radical (unpaired) electrons. The molecule has 4 heteroatoms. The summed E-state index contributed by atoms with van der Waals surface area (Å²) in [4.78, 5) is 4.38. The summed E-state index contributed by atoms with van der Waals surface area (Å²) in [7, 11) is 1.88. The summed E-state index contributed by atoms with van der Waals surface area (Å²) in [5.41, 5.74) is 2.83. The summed E-state index contributed by atoms with van der Waals surface area (Å²) >= 11 is 6.14. The molecular weight excluding hydrogens is 210 g/mol. The van der Waals surface area contributed by atoms with E-state index in [-0.39, 0.29) is 0 Å². The van der Waals surface area contributed by atoms with E-state index in [0.29, 0.717) is 11.4 Å². The fourth-order valence-corrected chi connectivity index (χ4v) is 2.10. The van der Waals surface area contributed by atoms with Gasteiger partial charge in [0, 0.05) is 7.05 Å². The quantitative estimate of drug-likeness (QED) is 0.740. The first kappa shape index (κ1) is 10.0. The summed E-state index contributed by atoms with van der Waals surface area (Å²) in [6, 6.07) is 5.97. The Morgan fingerprint density at radius 1 is 1.53 bits per heavy atom. The summed E-state index contributed by atoms with van der Waals surface area (Å²) in [6.45, 7) is 1.98. The Balaban J connectivity index is 2.77. The van der Waals surface area contributed by atoms with Gasteiger partial charge in [-0.15, -0.1) is 0 Å². The molecule has 0 spiro atoms. The SMILES string of the molecule is Cc1cc(Cl)c2c(c1)nc(CC#N)n2C. The van der Waals surface area contributed by atoms with Crippen molar-refractivity contribution in [3.05, 3.63) is 28.5 Å². The molecule has 1 heterocycles. The topological polar surface area (TPSA) is 41.6 Å². The maximum absolute atomic E-state index is 8.66. The molecule has 0 saturated carbocycles.